The Morgan fingerprint density at radius 1 is 0.652 bits per heavy atom. The molecule has 3 aromatic rings. The lowest BCUT2D eigenvalue weighted by molar-refractivity contribution is 0.990. The second kappa shape index (κ2) is 6.02. The summed E-state index contributed by atoms with van der Waals surface area (Å²) in [6.07, 6.45) is 2.49. The lowest BCUT2D eigenvalue weighted by Gasteiger charge is -2.18. The van der Waals surface area contributed by atoms with Crippen LogP contribution in [0.3, 0.4) is 0 Å². The van der Waals surface area contributed by atoms with Crippen LogP contribution in [0.15, 0.2) is 91.0 Å². The molecule has 0 fully saturated rings. The van der Waals surface area contributed by atoms with E-state index in [0.717, 1.165) is 0 Å². The summed E-state index contributed by atoms with van der Waals surface area (Å²) in [5, 5.41) is 4.45. The number of rotatable bonds is 3. The third-order valence-corrected chi connectivity index (χ3v) is 7.35. The summed E-state index contributed by atoms with van der Waals surface area (Å²) in [5.74, 6) is 0.508. The molecule has 4 rings (SSSR count). The van der Waals surface area contributed by atoms with Crippen molar-refractivity contribution < 1.29 is 0 Å². The summed E-state index contributed by atoms with van der Waals surface area (Å²) in [4.78, 5) is 0. The van der Waals surface area contributed by atoms with Crippen LogP contribution in [0.2, 0.25) is 0 Å². The lowest BCUT2D eigenvalue weighted by atomic mass is 10.0. The van der Waals surface area contributed by atoms with Crippen LogP contribution in [-0.2, 0) is 0 Å². The van der Waals surface area contributed by atoms with Gasteiger partial charge in [0.25, 0.3) is 0 Å². The van der Waals surface area contributed by atoms with E-state index in [1.165, 1.54) is 26.7 Å². The molecule has 0 aliphatic heterocycles. The highest BCUT2D eigenvalue weighted by Crippen LogP contribution is 2.36. The topological polar surface area (TPSA) is 0 Å². The van der Waals surface area contributed by atoms with Gasteiger partial charge in [0.1, 0.15) is 0 Å². The van der Waals surface area contributed by atoms with E-state index in [1.807, 2.05) is 0 Å². The third-order valence-electron chi connectivity index (χ3n) is 4.55. The Balaban J connectivity index is 1.89. The number of allylic oxidation sites excluding steroid dienone is 1. The van der Waals surface area contributed by atoms with Crippen molar-refractivity contribution in [3.8, 4) is 0 Å². The largest absolute Gasteiger partial charge is 0.154 e. The predicted molar refractivity (Wildman–Crippen MR) is 101 cm³/mol. The van der Waals surface area contributed by atoms with Crippen molar-refractivity contribution in [2.45, 2.75) is 12.8 Å². The van der Waals surface area contributed by atoms with Crippen molar-refractivity contribution in [1.82, 2.24) is 0 Å². The van der Waals surface area contributed by atoms with Gasteiger partial charge in [-0.1, -0.05) is 108 Å². The first kappa shape index (κ1) is 14.2. The standard InChI is InChI=1S/C22H19Si/c1-17-16-22(21-15-9-8-14-20(17)21)23(18-10-4-2-5-11-18)19-12-6-3-7-13-19/h2-17H,1H3. The fourth-order valence-corrected chi connectivity index (χ4v) is 6.39. The molecule has 0 bridgehead atoms. The van der Waals surface area contributed by atoms with Crippen molar-refractivity contribution in [2.24, 2.45) is 0 Å². The number of hydrogen-bond acceptors (Lipinski definition) is 0. The van der Waals surface area contributed by atoms with Gasteiger partial charge in [0.15, 0.2) is 8.80 Å². The summed E-state index contributed by atoms with van der Waals surface area (Å²) in [5.41, 5.74) is 2.92. The molecule has 3 aromatic carbocycles. The zero-order valence-electron chi connectivity index (χ0n) is 13.2. The van der Waals surface area contributed by atoms with E-state index in [0.29, 0.717) is 5.92 Å². The van der Waals surface area contributed by atoms with E-state index in [9.17, 15) is 0 Å². The summed E-state index contributed by atoms with van der Waals surface area (Å²) >= 11 is 0. The van der Waals surface area contributed by atoms with Gasteiger partial charge in [-0.05, 0) is 22.2 Å². The summed E-state index contributed by atoms with van der Waals surface area (Å²) in [6.45, 7) is 2.31. The fourth-order valence-electron chi connectivity index (χ4n) is 3.47. The molecule has 1 aliphatic rings. The molecule has 1 heteroatoms. The van der Waals surface area contributed by atoms with Crippen LogP contribution in [0.25, 0.3) is 5.20 Å². The molecule has 0 amide bonds. The predicted octanol–water partition coefficient (Wildman–Crippen LogP) is 4.04. The highest BCUT2D eigenvalue weighted by molar-refractivity contribution is 6.99. The average molecular weight is 311 g/mol. The fraction of sp³-hybridized carbons (Fsp3) is 0.0909. The first-order chi connectivity index (χ1) is 11.3. The maximum Gasteiger partial charge on any atom is 0.154 e. The van der Waals surface area contributed by atoms with Gasteiger partial charge in [0.2, 0.25) is 0 Å². The Hall–Kier alpha value is -2.38. The minimum absolute atomic E-state index is 0.508. The molecule has 1 atom stereocenters. The van der Waals surface area contributed by atoms with E-state index in [-0.39, 0.29) is 0 Å². The normalized spacial score (nSPS) is 16.3. The monoisotopic (exact) mass is 311 g/mol. The lowest BCUT2D eigenvalue weighted by Crippen LogP contribution is -2.43. The second-order valence-corrected chi connectivity index (χ2v) is 8.51. The van der Waals surface area contributed by atoms with Crippen LogP contribution in [-0.4, -0.2) is 8.80 Å². The summed E-state index contributed by atoms with van der Waals surface area (Å²) < 4.78 is 0. The maximum atomic E-state index is 2.49. The molecule has 0 heterocycles. The smallest absolute Gasteiger partial charge is 0.0768 e. The van der Waals surface area contributed by atoms with Gasteiger partial charge < -0.3 is 0 Å². The zero-order valence-corrected chi connectivity index (χ0v) is 14.2. The van der Waals surface area contributed by atoms with E-state index < -0.39 is 8.80 Å². The molecule has 0 spiro atoms. The highest BCUT2D eigenvalue weighted by Gasteiger charge is 2.29. The SMILES string of the molecule is CC1C=C([Si](c2ccccc2)c2ccccc2)c2ccccc21. The van der Waals surface area contributed by atoms with Crippen molar-refractivity contribution >= 4 is 24.4 Å². The maximum absolute atomic E-state index is 2.49. The van der Waals surface area contributed by atoms with Crippen LogP contribution in [0.5, 0.6) is 0 Å². The highest BCUT2D eigenvalue weighted by atomic mass is 28.3. The minimum atomic E-state index is -0.961. The molecule has 0 nitrogen and oxygen atoms in total. The first-order valence-corrected chi connectivity index (χ1v) is 9.64. The number of hydrogen-bond donors (Lipinski definition) is 0. The van der Waals surface area contributed by atoms with E-state index in [2.05, 4.69) is 97.9 Å². The zero-order chi connectivity index (χ0) is 15.6. The Morgan fingerprint density at radius 3 is 1.78 bits per heavy atom. The van der Waals surface area contributed by atoms with Gasteiger partial charge in [-0.3, -0.25) is 0 Å². The molecule has 23 heavy (non-hydrogen) atoms. The molecular formula is C22H19Si. The van der Waals surface area contributed by atoms with Gasteiger partial charge in [-0.15, -0.1) is 0 Å². The molecule has 0 saturated carbocycles. The van der Waals surface area contributed by atoms with Gasteiger partial charge in [0, 0.05) is 0 Å². The Kier molecular flexibility index (Phi) is 3.72. The molecule has 111 valence electrons. The van der Waals surface area contributed by atoms with Crippen LogP contribution in [0.4, 0.5) is 0 Å². The molecule has 0 N–H and O–H groups in total. The number of benzene rings is 3. The molecular weight excluding hydrogens is 292 g/mol. The Labute approximate surface area is 139 Å². The van der Waals surface area contributed by atoms with Gasteiger partial charge in [0.05, 0.1) is 0 Å². The molecule has 1 aliphatic carbocycles. The van der Waals surface area contributed by atoms with Gasteiger partial charge in [-0.25, -0.2) is 0 Å². The van der Waals surface area contributed by atoms with Crippen molar-refractivity contribution in [3.05, 3.63) is 102 Å². The van der Waals surface area contributed by atoms with Gasteiger partial charge >= 0.3 is 0 Å². The van der Waals surface area contributed by atoms with Crippen LogP contribution >= 0.6 is 0 Å². The van der Waals surface area contributed by atoms with E-state index >= 15 is 0 Å². The third kappa shape index (κ3) is 2.58. The van der Waals surface area contributed by atoms with Crippen molar-refractivity contribution in [2.75, 3.05) is 0 Å². The van der Waals surface area contributed by atoms with Crippen LogP contribution in [0.1, 0.15) is 24.0 Å². The van der Waals surface area contributed by atoms with Crippen molar-refractivity contribution in [1.29, 1.82) is 0 Å². The quantitative estimate of drug-likeness (QED) is 0.641. The summed E-state index contributed by atoms with van der Waals surface area (Å²) in [6, 6.07) is 30.9. The van der Waals surface area contributed by atoms with E-state index in [4.69, 9.17) is 0 Å². The van der Waals surface area contributed by atoms with Crippen LogP contribution < -0.4 is 10.4 Å². The Bertz CT molecular complexity index is 795. The van der Waals surface area contributed by atoms with E-state index in [1.54, 1.807) is 0 Å². The number of fused-ring (bicyclic) bond motifs is 1. The molecule has 0 saturated heterocycles. The van der Waals surface area contributed by atoms with Crippen molar-refractivity contribution in [3.63, 3.8) is 0 Å². The second-order valence-electron chi connectivity index (χ2n) is 6.06. The first-order valence-electron chi connectivity index (χ1n) is 8.14. The minimum Gasteiger partial charge on any atom is -0.0768 e. The average Bonchev–Trinajstić information content (AvgIpc) is 2.94. The Morgan fingerprint density at radius 2 is 1.17 bits per heavy atom. The van der Waals surface area contributed by atoms with Gasteiger partial charge in [-0.2, -0.15) is 0 Å². The summed E-state index contributed by atoms with van der Waals surface area (Å²) in [7, 11) is -0.961. The molecule has 1 unspecified atom stereocenters. The molecule has 1 radical (unpaired) electrons. The molecule has 0 aromatic heterocycles. The van der Waals surface area contributed by atoms with Crippen LogP contribution in [0, 0.1) is 0 Å².